The predicted molar refractivity (Wildman–Crippen MR) is 130 cm³/mol. The average Bonchev–Trinajstić information content (AvgIpc) is 3.31. The van der Waals surface area contributed by atoms with Crippen LogP contribution in [0.25, 0.3) is 9.40 Å². The second-order valence-electron chi connectivity index (χ2n) is 6.66. The summed E-state index contributed by atoms with van der Waals surface area (Å²) in [6.45, 7) is 0. The molecule has 0 bridgehead atoms. The minimum absolute atomic E-state index is 0.238. The van der Waals surface area contributed by atoms with E-state index < -0.39 is 0 Å². The van der Waals surface area contributed by atoms with Gasteiger partial charge in [-0.1, -0.05) is 24.3 Å². The van der Waals surface area contributed by atoms with Gasteiger partial charge < -0.3 is 31.6 Å². The number of para-hydroxylation sites is 4. The summed E-state index contributed by atoms with van der Waals surface area (Å²) in [4.78, 5) is 26.3. The van der Waals surface area contributed by atoms with E-state index in [1.54, 1.807) is 36.4 Å². The number of hydrogen-bond donors (Lipinski definition) is 4. The number of fused-ring (bicyclic) bond motifs is 1. The van der Waals surface area contributed by atoms with Gasteiger partial charge in [-0.15, -0.1) is 22.7 Å². The predicted octanol–water partition coefficient (Wildman–Crippen LogP) is 4.65. The Bertz CT molecular complexity index is 1230. The molecule has 0 aliphatic carbocycles. The molecule has 0 spiro atoms. The van der Waals surface area contributed by atoms with Crippen LogP contribution in [0.4, 0.5) is 22.7 Å². The third-order valence-electron chi connectivity index (χ3n) is 4.74. The first-order valence-electron chi connectivity index (χ1n) is 9.43. The number of thiophene rings is 2. The number of amides is 2. The topological polar surface area (TPSA) is 129 Å². The van der Waals surface area contributed by atoms with Gasteiger partial charge in [-0.05, 0) is 24.3 Å². The molecule has 8 nitrogen and oxygen atoms in total. The number of benzene rings is 2. The molecular weight excluding hydrogens is 448 g/mol. The first-order valence-corrected chi connectivity index (χ1v) is 11.1. The Morgan fingerprint density at radius 1 is 0.750 bits per heavy atom. The summed E-state index contributed by atoms with van der Waals surface area (Å²) in [6, 6.07) is 14.2. The first kappa shape index (κ1) is 21.5. The number of hydrogen-bond acceptors (Lipinski definition) is 8. The number of carbonyl (C=O) groups excluding carboxylic acids is 2. The third kappa shape index (κ3) is 3.81. The maximum atomic E-state index is 12.8. The lowest BCUT2D eigenvalue weighted by molar-refractivity contribution is 0.102. The molecule has 0 fully saturated rings. The average molecular weight is 469 g/mol. The molecule has 2 amide bonds. The van der Waals surface area contributed by atoms with Crippen molar-refractivity contribution < 1.29 is 19.1 Å². The molecule has 164 valence electrons. The fourth-order valence-corrected chi connectivity index (χ4v) is 5.59. The van der Waals surface area contributed by atoms with Crippen molar-refractivity contribution in [3.8, 4) is 11.5 Å². The second kappa shape index (κ2) is 8.77. The highest BCUT2D eigenvalue weighted by atomic mass is 32.2. The lowest BCUT2D eigenvalue weighted by Crippen LogP contribution is -2.13. The Morgan fingerprint density at radius 2 is 1.16 bits per heavy atom. The fraction of sp³-hybridized carbons (Fsp3) is 0.0909. The molecule has 0 saturated heterocycles. The van der Waals surface area contributed by atoms with E-state index in [1.807, 2.05) is 12.1 Å². The Labute approximate surface area is 191 Å². The zero-order valence-electron chi connectivity index (χ0n) is 17.2. The maximum absolute atomic E-state index is 12.8. The molecule has 0 aliphatic heterocycles. The number of rotatable bonds is 6. The van der Waals surface area contributed by atoms with Crippen LogP contribution in [0.2, 0.25) is 0 Å². The maximum Gasteiger partial charge on any atom is 0.268 e. The largest absolute Gasteiger partial charge is 0.495 e. The molecule has 2 heterocycles. The Hall–Kier alpha value is -3.76. The molecule has 0 radical (unpaired) electrons. The lowest BCUT2D eigenvalue weighted by Gasteiger charge is -2.10. The van der Waals surface area contributed by atoms with Gasteiger partial charge in [0.15, 0.2) is 0 Å². The molecule has 32 heavy (non-hydrogen) atoms. The van der Waals surface area contributed by atoms with Gasteiger partial charge >= 0.3 is 0 Å². The van der Waals surface area contributed by atoms with Gasteiger partial charge in [-0.2, -0.15) is 0 Å². The number of nitrogens with two attached hydrogens (primary N) is 2. The van der Waals surface area contributed by atoms with Gasteiger partial charge in [0.05, 0.1) is 46.4 Å². The van der Waals surface area contributed by atoms with Crippen LogP contribution < -0.4 is 31.6 Å². The zero-order chi connectivity index (χ0) is 22.8. The highest BCUT2D eigenvalue weighted by Gasteiger charge is 2.25. The molecule has 0 atom stereocenters. The van der Waals surface area contributed by atoms with Crippen molar-refractivity contribution in [2.45, 2.75) is 0 Å². The molecule has 4 aromatic rings. The number of nitrogens with one attached hydrogen (secondary N) is 2. The van der Waals surface area contributed by atoms with Crippen LogP contribution in [0.3, 0.4) is 0 Å². The van der Waals surface area contributed by atoms with Crippen LogP contribution in [-0.4, -0.2) is 26.0 Å². The number of anilines is 4. The summed E-state index contributed by atoms with van der Waals surface area (Å²) in [6.07, 6.45) is 0. The standard InChI is InChI=1S/C22H20N4O4S2/c1-29-13-9-5-3-7-11(13)25-20(27)18-16(23)15-17(24)19(32-22(15)31-18)21(28)26-12-8-4-6-10-14(12)30-2/h3-10H,23-24H2,1-2H3,(H,25,27)(H,26,28). The van der Waals surface area contributed by atoms with Crippen molar-refractivity contribution in [3.63, 3.8) is 0 Å². The summed E-state index contributed by atoms with van der Waals surface area (Å²) in [5.74, 6) is 0.319. The van der Waals surface area contributed by atoms with Crippen molar-refractivity contribution >= 4 is 66.6 Å². The minimum Gasteiger partial charge on any atom is -0.495 e. The van der Waals surface area contributed by atoms with Gasteiger partial charge in [-0.3, -0.25) is 9.59 Å². The van der Waals surface area contributed by atoms with Gasteiger partial charge in [0.1, 0.15) is 21.3 Å². The van der Waals surface area contributed by atoms with Crippen LogP contribution in [0.15, 0.2) is 48.5 Å². The molecule has 0 aliphatic rings. The highest BCUT2D eigenvalue weighted by molar-refractivity contribution is 7.40. The third-order valence-corrected chi connectivity index (χ3v) is 7.24. The first-order chi connectivity index (χ1) is 15.4. The summed E-state index contributed by atoms with van der Waals surface area (Å²) >= 11 is 2.37. The van der Waals surface area contributed by atoms with Crippen molar-refractivity contribution in [2.24, 2.45) is 0 Å². The minimum atomic E-state index is -0.375. The molecule has 0 unspecified atom stereocenters. The van der Waals surface area contributed by atoms with E-state index in [1.165, 1.54) is 36.9 Å². The van der Waals surface area contributed by atoms with Gasteiger partial charge in [0, 0.05) is 0 Å². The molecule has 6 N–H and O–H groups in total. The SMILES string of the molecule is COc1ccccc1NC(=O)c1sc2sc(C(=O)Nc3ccccc3OC)c(N)c2c1N. The molecule has 2 aromatic carbocycles. The fourth-order valence-electron chi connectivity index (χ4n) is 3.20. The second-order valence-corrected chi connectivity index (χ2v) is 8.96. The number of methoxy groups -OCH3 is 2. The zero-order valence-corrected chi connectivity index (χ0v) is 18.9. The number of nitrogen functional groups attached to an aromatic ring is 2. The Morgan fingerprint density at radius 3 is 1.53 bits per heavy atom. The summed E-state index contributed by atoms with van der Waals surface area (Å²) in [7, 11) is 3.05. The number of carbonyl (C=O) groups is 2. The van der Waals surface area contributed by atoms with Gasteiger partial charge in [-0.25, -0.2) is 0 Å². The van der Waals surface area contributed by atoms with Crippen LogP contribution in [0.1, 0.15) is 19.3 Å². The van der Waals surface area contributed by atoms with Crippen molar-refractivity contribution in [2.75, 3.05) is 36.3 Å². The Kier molecular flexibility index (Phi) is 5.89. The van der Waals surface area contributed by atoms with E-state index in [4.69, 9.17) is 20.9 Å². The van der Waals surface area contributed by atoms with Crippen LogP contribution in [-0.2, 0) is 0 Å². The van der Waals surface area contributed by atoms with Crippen LogP contribution >= 0.6 is 22.7 Å². The van der Waals surface area contributed by atoms with Gasteiger partial charge in [0.25, 0.3) is 11.8 Å². The Balaban J connectivity index is 1.62. The summed E-state index contributed by atoms with van der Waals surface area (Å²) in [5, 5.41) is 6.13. The quantitative estimate of drug-likeness (QED) is 0.326. The van der Waals surface area contributed by atoms with Crippen molar-refractivity contribution in [1.29, 1.82) is 0 Å². The van der Waals surface area contributed by atoms with Crippen molar-refractivity contribution in [3.05, 3.63) is 58.3 Å². The molecule has 10 heteroatoms. The van der Waals surface area contributed by atoms with E-state index in [-0.39, 0.29) is 23.2 Å². The van der Waals surface area contributed by atoms with E-state index in [2.05, 4.69) is 10.6 Å². The van der Waals surface area contributed by atoms with Gasteiger partial charge in [0.2, 0.25) is 0 Å². The number of ether oxygens (including phenoxy) is 2. The van der Waals surface area contributed by atoms with E-state index in [0.29, 0.717) is 42.0 Å². The van der Waals surface area contributed by atoms with E-state index in [0.717, 1.165) is 0 Å². The summed E-state index contributed by atoms with van der Waals surface area (Å²) < 4.78 is 11.2. The smallest absolute Gasteiger partial charge is 0.268 e. The van der Waals surface area contributed by atoms with Crippen molar-refractivity contribution in [1.82, 2.24) is 0 Å². The molecular formula is C22H20N4O4S2. The summed E-state index contributed by atoms with van der Waals surface area (Å²) in [5.41, 5.74) is 14.1. The van der Waals surface area contributed by atoms with Crippen LogP contribution in [0, 0.1) is 0 Å². The van der Waals surface area contributed by atoms with E-state index >= 15 is 0 Å². The molecule has 0 saturated carbocycles. The lowest BCUT2D eigenvalue weighted by atomic mass is 10.2. The van der Waals surface area contributed by atoms with Crippen LogP contribution in [0.5, 0.6) is 11.5 Å². The molecule has 2 aromatic heterocycles. The van der Waals surface area contributed by atoms with E-state index in [9.17, 15) is 9.59 Å². The highest BCUT2D eigenvalue weighted by Crippen LogP contribution is 2.45. The molecule has 4 rings (SSSR count). The normalized spacial score (nSPS) is 10.7. The monoisotopic (exact) mass is 468 g/mol.